The Labute approximate surface area is 153 Å². The van der Waals surface area contributed by atoms with Crippen LogP contribution in [0.4, 0.5) is 5.69 Å². The van der Waals surface area contributed by atoms with E-state index in [4.69, 9.17) is 5.73 Å². The first kappa shape index (κ1) is 18.3. The zero-order valence-corrected chi connectivity index (χ0v) is 15.6. The van der Waals surface area contributed by atoms with Crippen molar-refractivity contribution in [2.24, 2.45) is 11.7 Å². The second-order valence-electron chi connectivity index (χ2n) is 7.05. The lowest BCUT2D eigenvalue weighted by Crippen LogP contribution is -2.38. The summed E-state index contributed by atoms with van der Waals surface area (Å²) in [7, 11) is 0. The van der Waals surface area contributed by atoms with Crippen LogP contribution in [-0.2, 0) is 4.79 Å². The number of hydrogen-bond donors (Lipinski definition) is 2. The molecule has 2 fully saturated rings. The number of carbonyl (C=O) groups is 2. The zero-order valence-electron chi connectivity index (χ0n) is 14.8. The van der Waals surface area contributed by atoms with Crippen molar-refractivity contribution in [2.45, 2.75) is 38.6 Å². The van der Waals surface area contributed by atoms with E-state index < -0.39 is 0 Å². The van der Waals surface area contributed by atoms with E-state index in [1.54, 1.807) is 0 Å². The van der Waals surface area contributed by atoms with Crippen LogP contribution < -0.4 is 11.1 Å². The molecule has 1 aromatic rings. The Morgan fingerprint density at radius 1 is 1.24 bits per heavy atom. The van der Waals surface area contributed by atoms with E-state index in [1.807, 2.05) is 41.8 Å². The predicted octanol–water partition coefficient (Wildman–Crippen LogP) is 2.64. The fraction of sp³-hybridized carbons (Fsp3) is 0.579. The van der Waals surface area contributed by atoms with Gasteiger partial charge in [-0.2, -0.15) is 11.8 Å². The maximum atomic E-state index is 12.6. The Kier molecular flexibility index (Phi) is 6.02. The lowest BCUT2D eigenvalue weighted by atomic mass is 9.85. The van der Waals surface area contributed by atoms with Gasteiger partial charge >= 0.3 is 0 Å². The van der Waals surface area contributed by atoms with Crippen LogP contribution >= 0.6 is 11.8 Å². The van der Waals surface area contributed by atoms with Gasteiger partial charge in [0, 0.05) is 47.8 Å². The van der Waals surface area contributed by atoms with Crippen molar-refractivity contribution in [1.29, 1.82) is 0 Å². The largest absolute Gasteiger partial charge is 0.337 e. The standard InChI is InChI=1S/C19H27N3O2S/c1-13-11-15(19(24)22-7-9-25-10-8-22)5-6-17(13)21-18(23)14-3-2-4-16(20)12-14/h5-6,11,14,16H,2-4,7-10,12,20H2,1H3,(H,21,23). The van der Waals surface area contributed by atoms with Crippen molar-refractivity contribution in [3.8, 4) is 0 Å². The summed E-state index contributed by atoms with van der Waals surface area (Å²) in [6, 6.07) is 5.68. The lowest BCUT2D eigenvalue weighted by molar-refractivity contribution is -0.120. The van der Waals surface area contributed by atoms with Crippen LogP contribution in [0, 0.1) is 12.8 Å². The summed E-state index contributed by atoms with van der Waals surface area (Å²) in [6.45, 7) is 3.55. The molecule has 1 saturated heterocycles. The minimum atomic E-state index is -0.00434. The van der Waals surface area contributed by atoms with E-state index in [-0.39, 0.29) is 23.8 Å². The van der Waals surface area contributed by atoms with Gasteiger partial charge in [-0.05, 0) is 49.9 Å². The lowest BCUT2D eigenvalue weighted by Gasteiger charge is -2.27. The van der Waals surface area contributed by atoms with Crippen molar-refractivity contribution in [2.75, 3.05) is 29.9 Å². The Balaban J connectivity index is 1.65. The van der Waals surface area contributed by atoms with Crippen LogP contribution in [0.5, 0.6) is 0 Å². The molecule has 0 radical (unpaired) electrons. The number of amides is 2. The van der Waals surface area contributed by atoms with Gasteiger partial charge in [0.15, 0.2) is 0 Å². The molecule has 3 rings (SSSR count). The molecule has 2 atom stereocenters. The van der Waals surface area contributed by atoms with Crippen molar-refractivity contribution >= 4 is 29.3 Å². The van der Waals surface area contributed by atoms with E-state index in [0.29, 0.717) is 5.56 Å². The van der Waals surface area contributed by atoms with E-state index >= 15 is 0 Å². The number of carbonyl (C=O) groups excluding carboxylic acids is 2. The van der Waals surface area contributed by atoms with Crippen LogP contribution in [0.3, 0.4) is 0 Å². The number of hydrogen-bond acceptors (Lipinski definition) is 4. The number of thioether (sulfide) groups is 1. The molecule has 136 valence electrons. The van der Waals surface area contributed by atoms with E-state index in [2.05, 4.69) is 5.32 Å². The fourth-order valence-electron chi connectivity index (χ4n) is 3.59. The number of nitrogens with one attached hydrogen (secondary N) is 1. The first-order valence-electron chi connectivity index (χ1n) is 9.08. The van der Waals surface area contributed by atoms with Gasteiger partial charge in [0.2, 0.25) is 5.91 Å². The van der Waals surface area contributed by atoms with Crippen molar-refractivity contribution < 1.29 is 9.59 Å². The van der Waals surface area contributed by atoms with Crippen molar-refractivity contribution in [3.63, 3.8) is 0 Å². The number of anilines is 1. The van der Waals surface area contributed by atoms with Crippen LogP contribution in [0.15, 0.2) is 18.2 Å². The maximum absolute atomic E-state index is 12.6. The number of aryl methyl sites for hydroxylation is 1. The quantitative estimate of drug-likeness (QED) is 0.868. The summed E-state index contributed by atoms with van der Waals surface area (Å²) >= 11 is 1.89. The normalized spacial score (nSPS) is 24.0. The molecule has 3 N–H and O–H groups in total. The highest BCUT2D eigenvalue weighted by atomic mass is 32.2. The third-order valence-corrected chi connectivity index (χ3v) is 6.06. The summed E-state index contributed by atoms with van der Waals surface area (Å²) in [5, 5.41) is 3.02. The van der Waals surface area contributed by atoms with Gasteiger partial charge in [-0.15, -0.1) is 0 Å². The molecular weight excluding hydrogens is 334 g/mol. The summed E-state index contributed by atoms with van der Waals surface area (Å²) in [4.78, 5) is 27.0. The summed E-state index contributed by atoms with van der Waals surface area (Å²) < 4.78 is 0. The number of nitrogens with two attached hydrogens (primary N) is 1. The first-order valence-corrected chi connectivity index (χ1v) is 10.2. The topological polar surface area (TPSA) is 75.4 Å². The molecule has 5 nitrogen and oxygen atoms in total. The van der Waals surface area contributed by atoms with Gasteiger partial charge in [0.1, 0.15) is 0 Å². The molecule has 0 bridgehead atoms. The number of benzene rings is 1. The third kappa shape index (κ3) is 4.55. The Bertz CT molecular complexity index is 644. The van der Waals surface area contributed by atoms with E-state index in [9.17, 15) is 9.59 Å². The van der Waals surface area contributed by atoms with Gasteiger partial charge in [-0.1, -0.05) is 6.42 Å². The molecule has 1 aliphatic heterocycles. The molecule has 0 spiro atoms. The molecule has 0 aromatic heterocycles. The van der Waals surface area contributed by atoms with Gasteiger partial charge in [-0.25, -0.2) is 0 Å². The minimum Gasteiger partial charge on any atom is -0.337 e. The highest BCUT2D eigenvalue weighted by molar-refractivity contribution is 7.99. The van der Waals surface area contributed by atoms with Gasteiger partial charge in [0.05, 0.1) is 0 Å². The summed E-state index contributed by atoms with van der Waals surface area (Å²) in [5.74, 6) is 2.13. The maximum Gasteiger partial charge on any atom is 0.253 e. The number of rotatable bonds is 3. The zero-order chi connectivity index (χ0) is 17.8. The van der Waals surface area contributed by atoms with Crippen LogP contribution in [0.25, 0.3) is 0 Å². The van der Waals surface area contributed by atoms with Crippen molar-refractivity contribution in [1.82, 2.24) is 4.90 Å². The first-order chi connectivity index (χ1) is 12.0. The highest BCUT2D eigenvalue weighted by Gasteiger charge is 2.26. The monoisotopic (exact) mass is 361 g/mol. The SMILES string of the molecule is Cc1cc(C(=O)N2CCSCC2)ccc1NC(=O)C1CCCC(N)C1. The average Bonchev–Trinajstić information content (AvgIpc) is 2.63. The average molecular weight is 362 g/mol. The number of nitrogens with zero attached hydrogens (tertiary/aromatic N) is 1. The van der Waals surface area contributed by atoms with Gasteiger partial charge in [-0.3, -0.25) is 9.59 Å². The third-order valence-electron chi connectivity index (χ3n) is 5.12. The molecule has 25 heavy (non-hydrogen) atoms. The smallest absolute Gasteiger partial charge is 0.253 e. The summed E-state index contributed by atoms with van der Waals surface area (Å²) in [6.07, 6.45) is 3.69. The molecule has 1 saturated carbocycles. The molecule has 1 aliphatic carbocycles. The van der Waals surface area contributed by atoms with E-state index in [0.717, 1.165) is 61.5 Å². The summed E-state index contributed by atoms with van der Waals surface area (Å²) in [5.41, 5.74) is 8.39. The Morgan fingerprint density at radius 2 is 2.00 bits per heavy atom. The molecule has 2 unspecified atom stereocenters. The minimum absolute atomic E-state index is 0.00434. The fourth-order valence-corrected chi connectivity index (χ4v) is 4.49. The van der Waals surface area contributed by atoms with Gasteiger partial charge < -0.3 is 16.0 Å². The second-order valence-corrected chi connectivity index (χ2v) is 8.27. The molecular formula is C19H27N3O2S. The van der Waals surface area contributed by atoms with E-state index in [1.165, 1.54) is 0 Å². The highest BCUT2D eigenvalue weighted by Crippen LogP contribution is 2.26. The Morgan fingerprint density at radius 3 is 2.68 bits per heavy atom. The molecule has 2 aliphatic rings. The molecule has 1 heterocycles. The molecule has 1 aromatic carbocycles. The second kappa shape index (κ2) is 8.23. The molecule has 6 heteroatoms. The predicted molar refractivity (Wildman–Crippen MR) is 103 cm³/mol. The van der Waals surface area contributed by atoms with Crippen LogP contribution in [-0.4, -0.2) is 47.4 Å². The van der Waals surface area contributed by atoms with Crippen LogP contribution in [0.1, 0.15) is 41.6 Å². The Hall–Kier alpha value is -1.53. The van der Waals surface area contributed by atoms with Crippen LogP contribution in [0.2, 0.25) is 0 Å². The van der Waals surface area contributed by atoms with Crippen molar-refractivity contribution in [3.05, 3.63) is 29.3 Å². The molecule has 2 amide bonds. The van der Waals surface area contributed by atoms with Gasteiger partial charge in [0.25, 0.3) is 5.91 Å².